The van der Waals surface area contributed by atoms with Gasteiger partial charge in [0.25, 0.3) is 0 Å². The van der Waals surface area contributed by atoms with E-state index in [1.807, 2.05) is 24.3 Å². The third-order valence-corrected chi connectivity index (χ3v) is 16.9. The van der Waals surface area contributed by atoms with Gasteiger partial charge in [-0.05, 0) is 35.4 Å². The summed E-state index contributed by atoms with van der Waals surface area (Å²) in [6.07, 6.45) is 4.51. The molecule has 0 aliphatic heterocycles. The van der Waals surface area contributed by atoms with Crippen LogP contribution in [0.1, 0.15) is 11.1 Å². The second-order valence-electron chi connectivity index (χ2n) is 12.4. The van der Waals surface area contributed by atoms with Crippen LogP contribution in [-0.2, 0) is 0 Å². The highest BCUT2D eigenvalue weighted by Crippen LogP contribution is 2.18. The molecule has 6 aromatic rings. The largest absolute Gasteiger partial charge is 0.490 e. The topological polar surface area (TPSA) is 18.5 Å². The Kier molecular flexibility index (Phi) is 10.7. The molecule has 0 aromatic heterocycles. The third-order valence-electron chi connectivity index (χ3n) is 9.09. The van der Waals surface area contributed by atoms with Crippen molar-refractivity contribution in [2.45, 2.75) is 13.1 Å². The molecule has 0 amide bonds. The minimum Gasteiger partial charge on any atom is -0.490 e. The molecule has 6 rings (SSSR count). The molecule has 0 spiro atoms. The molecule has 0 fully saturated rings. The lowest BCUT2D eigenvalue weighted by molar-refractivity contribution is 0.217. The van der Waals surface area contributed by atoms with Gasteiger partial charge in [-0.15, -0.1) is 0 Å². The highest BCUT2D eigenvalue weighted by atomic mass is 28.3. The number of benzene rings is 6. The van der Waals surface area contributed by atoms with Gasteiger partial charge in [-0.3, -0.25) is 0 Å². The van der Waals surface area contributed by atoms with Gasteiger partial charge < -0.3 is 9.47 Å². The number of hydrogen-bond acceptors (Lipinski definition) is 2. The van der Waals surface area contributed by atoms with E-state index in [9.17, 15) is 0 Å². The van der Waals surface area contributed by atoms with Crippen molar-refractivity contribution < 1.29 is 9.47 Å². The zero-order chi connectivity index (χ0) is 33.1. The fraction of sp³-hybridized carbons (Fsp3) is 0.0909. The summed E-state index contributed by atoms with van der Waals surface area (Å²) in [6, 6.07) is 60.1. The molecule has 0 N–H and O–H groups in total. The van der Waals surface area contributed by atoms with Crippen LogP contribution in [-0.4, -0.2) is 29.4 Å². The molecule has 4 heteroatoms. The third kappa shape index (κ3) is 8.03. The summed E-state index contributed by atoms with van der Waals surface area (Å²) >= 11 is 0. The molecule has 0 radical (unpaired) electrons. The first kappa shape index (κ1) is 32.8. The van der Waals surface area contributed by atoms with Crippen LogP contribution in [0.3, 0.4) is 0 Å². The lowest BCUT2D eigenvalue weighted by Gasteiger charge is -2.25. The smallest absolute Gasteiger partial charge is 0.138 e. The quantitative estimate of drug-likeness (QED) is 0.0924. The first-order valence-electron chi connectivity index (χ1n) is 16.6. The highest BCUT2D eigenvalue weighted by Gasteiger charge is 2.29. The number of hydrogen-bond donors (Lipinski definition) is 0. The van der Waals surface area contributed by atoms with Crippen molar-refractivity contribution in [3.05, 3.63) is 192 Å². The van der Waals surface area contributed by atoms with Crippen molar-refractivity contribution in [1.29, 1.82) is 0 Å². The zero-order valence-corrected chi connectivity index (χ0v) is 29.7. The summed E-state index contributed by atoms with van der Waals surface area (Å²) < 4.78 is 12.0. The molecule has 0 bridgehead atoms. The lowest BCUT2D eigenvalue weighted by atomic mass is 10.2. The van der Waals surface area contributed by atoms with Crippen molar-refractivity contribution >= 4 is 49.0 Å². The first-order chi connectivity index (χ1) is 23.5. The molecule has 6 aromatic carbocycles. The number of rotatable bonds is 13. The second kappa shape index (κ2) is 15.6. The maximum atomic E-state index is 6.00. The molecule has 0 unspecified atom stereocenters. The minimum absolute atomic E-state index is 0.474. The van der Waals surface area contributed by atoms with Crippen LogP contribution < -0.4 is 30.2 Å². The summed E-state index contributed by atoms with van der Waals surface area (Å²) in [5.41, 5.74) is 7.17. The van der Waals surface area contributed by atoms with Gasteiger partial charge in [0.2, 0.25) is 0 Å². The van der Waals surface area contributed by atoms with Crippen molar-refractivity contribution in [1.82, 2.24) is 0 Å². The van der Waals surface area contributed by atoms with Crippen LogP contribution in [0.5, 0.6) is 11.5 Å². The minimum atomic E-state index is -2.03. The fourth-order valence-corrected chi connectivity index (χ4v) is 12.1. The molecule has 2 nitrogen and oxygen atoms in total. The maximum absolute atomic E-state index is 6.00. The van der Waals surface area contributed by atoms with E-state index in [0.717, 1.165) is 22.6 Å². The SMILES string of the molecule is C[Si](C=Cc1ccc(OCCOc2ccc(C=C[Si](C)(c3ccccc3)c3ccccc3)cc2)cc1)(c1ccccc1)c1ccccc1. The zero-order valence-electron chi connectivity index (χ0n) is 27.7. The van der Waals surface area contributed by atoms with Crippen LogP contribution in [0.4, 0.5) is 0 Å². The Morgan fingerprint density at radius 3 is 0.917 bits per heavy atom. The first-order valence-corrected chi connectivity index (χ1v) is 21.7. The van der Waals surface area contributed by atoms with Gasteiger partial charge in [-0.1, -0.05) is 203 Å². The lowest BCUT2D eigenvalue weighted by Crippen LogP contribution is -2.54. The van der Waals surface area contributed by atoms with Crippen molar-refractivity contribution in [3.63, 3.8) is 0 Å². The molecule has 48 heavy (non-hydrogen) atoms. The Labute approximate surface area is 287 Å². The van der Waals surface area contributed by atoms with Gasteiger partial charge in [0, 0.05) is 0 Å². The molecule has 238 valence electrons. The van der Waals surface area contributed by atoms with Crippen LogP contribution in [0.25, 0.3) is 12.2 Å². The van der Waals surface area contributed by atoms with Crippen LogP contribution in [0.2, 0.25) is 13.1 Å². The maximum Gasteiger partial charge on any atom is 0.138 e. The van der Waals surface area contributed by atoms with Gasteiger partial charge in [0.1, 0.15) is 40.9 Å². The van der Waals surface area contributed by atoms with E-state index in [-0.39, 0.29) is 0 Å². The fourth-order valence-electron chi connectivity index (χ4n) is 6.05. The van der Waals surface area contributed by atoms with Crippen LogP contribution in [0.15, 0.2) is 181 Å². The van der Waals surface area contributed by atoms with Gasteiger partial charge in [0.05, 0.1) is 0 Å². The summed E-state index contributed by atoms with van der Waals surface area (Å²) in [6.45, 7) is 5.76. The Morgan fingerprint density at radius 1 is 0.375 bits per heavy atom. The Morgan fingerprint density at radius 2 is 0.646 bits per heavy atom. The van der Waals surface area contributed by atoms with E-state index in [1.165, 1.54) is 20.7 Å². The van der Waals surface area contributed by atoms with E-state index in [4.69, 9.17) is 9.47 Å². The molecule has 0 saturated carbocycles. The van der Waals surface area contributed by atoms with Crippen LogP contribution in [0, 0.1) is 0 Å². The van der Waals surface area contributed by atoms with Crippen LogP contribution >= 0.6 is 0 Å². The predicted molar refractivity (Wildman–Crippen MR) is 209 cm³/mol. The molecular weight excluding hydrogens is 617 g/mol. The average Bonchev–Trinajstić information content (AvgIpc) is 3.17. The van der Waals surface area contributed by atoms with Gasteiger partial charge in [-0.2, -0.15) is 0 Å². The predicted octanol–water partition coefficient (Wildman–Crippen LogP) is 8.04. The Balaban J connectivity index is 1.02. The average molecular weight is 659 g/mol. The molecular formula is C44H42O2Si2. The van der Waals surface area contributed by atoms with Crippen molar-refractivity contribution in [2.24, 2.45) is 0 Å². The van der Waals surface area contributed by atoms with E-state index in [0.29, 0.717) is 13.2 Å². The van der Waals surface area contributed by atoms with Gasteiger partial charge >= 0.3 is 0 Å². The molecule has 0 aliphatic carbocycles. The molecule has 0 saturated heterocycles. The van der Waals surface area contributed by atoms with Crippen molar-refractivity contribution in [2.75, 3.05) is 13.2 Å². The summed E-state index contributed by atoms with van der Waals surface area (Å²) in [5.74, 6) is 1.68. The normalized spacial score (nSPS) is 12.0. The van der Waals surface area contributed by atoms with E-state index >= 15 is 0 Å². The molecule has 0 aliphatic rings. The van der Waals surface area contributed by atoms with Crippen molar-refractivity contribution in [3.8, 4) is 11.5 Å². The standard InChI is InChI=1S/C44H42O2Si2/c1-47(41-15-7-3-8-16-41,42-17-9-4-10-18-42)35-31-37-23-27-39(28-24-37)45-33-34-46-40-29-25-38(26-30-40)32-36-48(2,43-19-11-5-12-20-43)44-21-13-6-14-22-44/h3-32,35-36H,33-34H2,1-2H3. The molecule has 0 heterocycles. The highest BCUT2D eigenvalue weighted by molar-refractivity contribution is 7.05. The van der Waals surface area contributed by atoms with E-state index in [1.54, 1.807) is 0 Å². The Hall–Kier alpha value is -5.17. The monoisotopic (exact) mass is 658 g/mol. The summed E-state index contributed by atoms with van der Waals surface area (Å²) in [5, 5.41) is 5.59. The van der Waals surface area contributed by atoms with Gasteiger partial charge in [-0.25, -0.2) is 0 Å². The molecule has 0 atom stereocenters. The van der Waals surface area contributed by atoms with E-state index < -0.39 is 16.1 Å². The van der Waals surface area contributed by atoms with E-state index in [2.05, 4.69) is 182 Å². The Bertz CT molecular complexity index is 1680. The number of ether oxygens (including phenoxy) is 2. The van der Waals surface area contributed by atoms with Gasteiger partial charge in [0.15, 0.2) is 0 Å². The second-order valence-corrected chi connectivity index (χ2v) is 20.2. The summed E-state index contributed by atoms with van der Waals surface area (Å²) in [4.78, 5) is 0. The summed E-state index contributed by atoms with van der Waals surface area (Å²) in [7, 11) is -4.06.